The molecule has 2 saturated heterocycles. The van der Waals surface area contributed by atoms with Crippen LogP contribution in [0.25, 0.3) is 0 Å². The van der Waals surface area contributed by atoms with E-state index in [2.05, 4.69) is 19.2 Å². The van der Waals surface area contributed by atoms with Gasteiger partial charge in [-0.2, -0.15) is 4.37 Å². The molecule has 0 radical (unpaired) electrons. The Morgan fingerprint density at radius 3 is 2.50 bits per heavy atom. The first kappa shape index (κ1) is 15.8. The van der Waals surface area contributed by atoms with Crippen molar-refractivity contribution in [3.63, 3.8) is 0 Å². The number of rotatable bonds is 3. The summed E-state index contributed by atoms with van der Waals surface area (Å²) >= 11 is 1.45. The van der Waals surface area contributed by atoms with Crippen LogP contribution in [0.2, 0.25) is 0 Å². The van der Waals surface area contributed by atoms with Gasteiger partial charge in [0.25, 0.3) is 0 Å². The number of anilines is 1. The number of hydrogen-bond donors (Lipinski definition) is 1. The van der Waals surface area contributed by atoms with E-state index in [0.29, 0.717) is 6.04 Å². The third-order valence-corrected chi connectivity index (χ3v) is 4.94. The number of likely N-dealkylation sites (tertiary alicyclic amines) is 1. The molecule has 6 nitrogen and oxygen atoms in total. The van der Waals surface area contributed by atoms with Crippen molar-refractivity contribution in [2.45, 2.75) is 38.3 Å². The first-order valence-electron chi connectivity index (χ1n) is 6.69. The molecule has 1 atom stereocenters. The van der Waals surface area contributed by atoms with Crippen molar-refractivity contribution in [1.29, 1.82) is 0 Å². The van der Waals surface area contributed by atoms with E-state index >= 15 is 0 Å². The zero-order valence-electron chi connectivity index (χ0n) is 12.9. The molecule has 3 heterocycles. The first-order chi connectivity index (χ1) is 9.15. The molecule has 2 aliphatic heterocycles. The predicted molar refractivity (Wildman–Crippen MR) is 73.7 cm³/mol. The second kappa shape index (κ2) is 6.44. The Kier molecular flexibility index (Phi) is 5.08. The van der Waals surface area contributed by atoms with Crippen molar-refractivity contribution >= 4 is 22.6 Å². The van der Waals surface area contributed by atoms with Crippen LogP contribution in [0.3, 0.4) is 0 Å². The Hall–Kier alpha value is -0.613. The van der Waals surface area contributed by atoms with Crippen LogP contribution in [0, 0.1) is 6.92 Å². The van der Waals surface area contributed by atoms with Gasteiger partial charge in [-0.3, -0.25) is 9.69 Å². The first-order valence-corrected chi connectivity index (χ1v) is 7.46. The van der Waals surface area contributed by atoms with Gasteiger partial charge in [0.05, 0.1) is 0 Å². The van der Waals surface area contributed by atoms with Crippen molar-refractivity contribution in [1.82, 2.24) is 14.3 Å². The fourth-order valence-electron chi connectivity index (χ4n) is 2.91. The summed E-state index contributed by atoms with van der Waals surface area (Å²) < 4.78 is 4.21. The summed E-state index contributed by atoms with van der Waals surface area (Å²) in [7, 11) is 0. The number of piperidine rings is 1. The maximum absolute atomic E-state index is 11.1. The average molecular weight is 290 g/mol. The van der Waals surface area contributed by atoms with Crippen LogP contribution in [0.5, 0.6) is 0 Å². The van der Waals surface area contributed by atoms with E-state index in [9.17, 15) is 4.79 Å². The van der Waals surface area contributed by atoms with E-state index in [1.807, 2.05) is 6.92 Å². The third-order valence-electron chi connectivity index (χ3n) is 4.07. The van der Waals surface area contributed by atoms with Crippen molar-refractivity contribution < 1.29 is 30.2 Å². The van der Waals surface area contributed by atoms with Crippen LogP contribution in [0.15, 0.2) is 0 Å². The van der Waals surface area contributed by atoms with Crippen LogP contribution in [-0.2, 0) is 4.79 Å². The number of aromatic nitrogens is 2. The van der Waals surface area contributed by atoms with Crippen molar-refractivity contribution in [2.24, 2.45) is 0 Å². The molecule has 8 heteroatoms. The second-order valence-electron chi connectivity index (χ2n) is 5.22. The zero-order valence-corrected chi connectivity index (χ0v) is 12.8. The van der Waals surface area contributed by atoms with Crippen LogP contribution in [0.4, 0.5) is 5.13 Å². The third kappa shape index (κ3) is 3.01. The Morgan fingerprint density at radius 1 is 1.35 bits per heavy atom. The molecule has 3 rings (SSSR count). The van der Waals surface area contributed by atoms with Gasteiger partial charge >= 0.3 is 24.8 Å². The minimum absolute atomic E-state index is 0. The molecule has 0 bridgehead atoms. The smallest absolute Gasteiger partial charge is 1.00 e. The molecule has 106 valence electrons. The molecule has 1 aromatic heterocycles. The zero-order chi connectivity index (χ0) is 13.4. The van der Waals surface area contributed by atoms with E-state index in [4.69, 9.17) is 5.11 Å². The Morgan fingerprint density at radius 2 is 2.05 bits per heavy atom. The largest absolute Gasteiger partial charge is 1.00 e. The van der Waals surface area contributed by atoms with Crippen molar-refractivity contribution in [2.75, 3.05) is 24.5 Å². The monoisotopic (exact) mass is 290 g/mol. The minimum atomic E-state index is -0.673. The average Bonchev–Trinajstić information content (AvgIpc) is 2.75. The number of hydrogen-bond acceptors (Lipinski definition) is 6. The van der Waals surface area contributed by atoms with Gasteiger partial charge in [0.2, 0.25) is 5.13 Å². The van der Waals surface area contributed by atoms with E-state index in [1.54, 1.807) is 0 Å². The molecule has 0 aromatic carbocycles. The summed E-state index contributed by atoms with van der Waals surface area (Å²) in [5.41, 5.74) is 0. The topological polar surface area (TPSA) is 69.6 Å². The Balaban J connectivity index is 0.00000110. The standard InChI is InChI=1S/C12H18N4O2S.Li.H/c1-8-13-12(19-14-8)15-5-2-9(3-6-15)16-7-4-10(16)11(17)18;;/h9-10H,2-7H2,1H3,(H,17,18);;/q;+1;-1. The molecule has 1 unspecified atom stereocenters. The van der Waals surface area contributed by atoms with Gasteiger partial charge in [-0.05, 0) is 26.2 Å². The number of aryl methyl sites for hydroxylation is 1. The van der Waals surface area contributed by atoms with Gasteiger partial charge in [-0.1, -0.05) is 0 Å². The predicted octanol–water partition coefficient (Wildman–Crippen LogP) is -1.91. The number of nitrogens with zero attached hydrogens (tertiary/aromatic N) is 4. The van der Waals surface area contributed by atoms with Gasteiger partial charge in [-0.25, -0.2) is 4.98 Å². The molecule has 20 heavy (non-hydrogen) atoms. The van der Waals surface area contributed by atoms with Gasteiger partial charge < -0.3 is 11.4 Å². The Labute approximate surface area is 136 Å². The summed E-state index contributed by atoms with van der Waals surface area (Å²) in [6.07, 6.45) is 2.83. The van der Waals surface area contributed by atoms with Crippen LogP contribution in [-0.4, -0.2) is 57.1 Å². The van der Waals surface area contributed by atoms with Crippen molar-refractivity contribution in [3.05, 3.63) is 5.82 Å². The van der Waals surface area contributed by atoms with Gasteiger partial charge in [0, 0.05) is 37.2 Å². The van der Waals surface area contributed by atoms with Crippen LogP contribution < -0.4 is 23.8 Å². The number of carboxylic acid groups (broad SMARTS) is 1. The van der Waals surface area contributed by atoms with E-state index in [1.165, 1.54) is 11.5 Å². The quantitative estimate of drug-likeness (QED) is 0.655. The van der Waals surface area contributed by atoms with E-state index < -0.39 is 5.97 Å². The number of carbonyl (C=O) groups is 1. The molecular formula is C12H19LiN4O2S. The van der Waals surface area contributed by atoms with Crippen molar-refractivity contribution in [3.8, 4) is 0 Å². The van der Waals surface area contributed by atoms with E-state index in [-0.39, 0.29) is 26.3 Å². The minimum Gasteiger partial charge on any atom is -1.00 e. The van der Waals surface area contributed by atoms with Crippen LogP contribution in [0.1, 0.15) is 26.5 Å². The van der Waals surface area contributed by atoms with Crippen LogP contribution >= 0.6 is 11.5 Å². The summed E-state index contributed by atoms with van der Waals surface area (Å²) in [6, 6.07) is 0.167. The summed E-state index contributed by atoms with van der Waals surface area (Å²) in [5, 5.41) is 10.1. The maximum Gasteiger partial charge on any atom is 1.00 e. The van der Waals surface area contributed by atoms with Gasteiger partial charge in [-0.15, -0.1) is 0 Å². The molecule has 2 fully saturated rings. The van der Waals surface area contributed by atoms with E-state index in [0.717, 1.165) is 49.9 Å². The van der Waals surface area contributed by atoms with Gasteiger partial charge in [0.1, 0.15) is 11.9 Å². The molecular weight excluding hydrogens is 271 g/mol. The molecule has 1 N–H and O–H groups in total. The normalized spacial score (nSPS) is 24.1. The maximum atomic E-state index is 11.1. The SMILES string of the molecule is Cc1nsc(N2CCC(N3CCC3C(=O)O)CC2)n1.[H-].[Li+]. The number of carboxylic acids is 1. The molecule has 1 aromatic rings. The molecule has 0 saturated carbocycles. The molecule has 0 spiro atoms. The second-order valence-corrected chi connectivity index (χ2v) is 5.95. The fourth-order valence-corrected chi connectivity index (χ4v) is 3.64. The fraction of sp³-hybridized carbons (Fsp3) is 0.750. The number of aliphatic carboxylic acids is 1. The Bertz CT molecular complexity index is 482. The van der Waals surface area contributed by atoms with Gasteiger partial charge in [0.15, 0.2) is 0 Å². The molecule has 0 aliphatic carbocycles. The summed E-state index contributed by atoms with van der Waals surface area (Å²) in [4.78, 5) is 19.9. The molecule has 2 aliphatic rings. The summed E-state index contributed by atoms with van der Waals surface area (Å²) in [6.45, 7) is 4.73. The summed E-state index contributed by atoms with van der Waals surface area (Å²) in [5.74, 6) is 0.157. The molecule has 0 amide bonds.